The number of allylic oxidation sites excluding steroid dienone is 1. The van der Waals surface area contributed by atoms with Gasteiger partial charge < -0.3 is 14.2 Å². The van der Waals surface area contributed by atoms with Crippen LogP contribution >= 0.6 is 54.8 Å². The van der Waals surface area contributed by atoms with Crippen LogP contribution in [0.2, 0.25) is 5.02 Å². The van der Waals surface area contributed by atoms with Crippen molar-refractivity contribution in [1.29, 1.82) is 0 Å². The van der Waals surface area contributed by atoms with Crippen molar-refractivity contribution in [1.82, 2.24) is 4.57 Å². The molecule has 1 atom stereocenters. The smallest absolute Gasteiger partial charge is 0.338 e. The average Bonchev–Trinajstić information content (AvgIpc) is 3.26. The number of benzene rings is 3. The maximum absolute atomic E-state index is 14.1. The monoisotopic (exact) mass is 730 g/mol. The lowest BCUT2D eigenvalue weighted by molar-refractivity contribution is -0.139. The van der Waals surface area contributed by atoms with E-state index in [0.29, 0.717) is 49.3 Å². The molecule has 7 nitrogen and oxygen atoms in total. The first-order valence-electron chi connectivity index (χ1n) is 12.9. The van der Waals surface area contributed by atoms with Crippen LogP contribution in [-0.2, 0) is 16.1 Å². The molecule has 0 saturated carbocycles. The topological polar surface area (TPSA) is 79.1 Å². The van der Waals surface area contributed by atoms with E-state index < -0.39 is 12.0 Å². The summed E-state index contributed by atoms with van der Waals surface area (Å²) in [5, 5.41) is 0.425. The van der Waals surface area contributed by atoms with Crippen LogP contribution in [0.4, 0.5) is 0 Å². The molecule has 42 heavy (non-hydrogen) atoms. The van der Waals surface area contributed by atoms with E-state index in [-0.39, 0.29) is 17.7 Å². The predicted molar refractivity (Wildman–Crippen MR) is 171 cm³/mol. The summed E-state index contributed by atoms with van der Waals surface area (Å²) in [6, 6.07) is 17.8. The molecule has 1 aliphatic heterocycles. The van der Waals surface area contributed by atoms with E-state index in [2.05, 4.69) is 36.9 Å². The van der Waals surface area contributed by atoms with Crippen molar-refractivity contribution in [2.24, 2.45) is 4.99 Å². The zero-order valence-electron chi connectivity index (χ0n) is 22.8. The van der Waals surface area contributed by atoms with Crippen LogP contribution in [0.15, 0.2) is 90.7 Å². The van der Waals surface area contributed by atoms with Crippen LogP contribution in [-0.4, -0.2) is 24.3 Å². The highest BCUT2D eigenvalue weighted by Crippen LogP contribution is 2.37. The number of hydrogen-bond donors (Lipinski definition) is 0. The second kappa shape index (κ2) is 13.0. The summed E-state index contributed by atoms with van der Waals surface area (Å²) in [5.74, 6) is 0.453. The Morgan fingerprint density at radius 1 is 1.12 bits per heavy atom. The summed E-state index contributed by atoms with van der Waals surface area (Å²) in [7, 11) is 1.56. The van der Waals surface area contributed by atoms with Crippen LogP contribution in [0.1, 0.15) is 36.6 Å². The van der Waals surface area contributed by atoms with Gasteiger partial charge in [-0.3, -0.25) is 9.36 Å². The van der Waals surface area contributed by atoms with Gasteiger partial charge in [-0.2, -0.15) is 0 Å². The van der Waals surface area contributed by atoms with E-state index in [1.807, 2.05) is 42.5 Å². The van der Waals surface area contributed by atoms with Gasteiger partial charge in [0.2, 0.25) is 0 Å². The van der Waals surface area contributed by atoms with Gasteiger partial charge in [-0.1, -0.05) is 85.1 Å². The number of nitrogens with zero attached hydrogens (tertiary/aromatic N) is 2. The fourth-order valence-corrected chi connectivity index (χ4v) is 6.66. The molecule has 0 saturated heterocycles. The quantitative estimate of drug-likeness (QED) is 0.192. The Morgan fingerprint density at radius 3 is 2.55 bits per heavy atom. The van der Waals surface area contributed by atoms with Crippen LogP contribution in [0.3, 0.4) is 0 Å². The van der Waals surface area contributed by atoms with Gasteiger partial charge in [0.1, 0.15) is 12.6 Å². The van der Waals surface area contributed by atoms with Gasteiger partial charge in [-0.05, 0) is 61.4 Å². The van der Waals surface area contributed by atoms with E-state index in [4.69, 9.17) is 25.8 Å². The Morgan fingerprint density at radius 2 is 1.86 bits per heavy atom. The molecule has 0 aliphatic carbocycles. The molecule has 11 heteroatoms. The molecule has 0 amide bonds. The molecule has 0 spiro atoms. The van der Waals surface area contributed by atoms with E-state index in [0.717, 1.165) is 14.5 Å². The fraction of sp³-hybridized carbons (Fsp3) is 0.194. The van der Waals surface area contributed by atoms with Crippen molar-refractivity contribution in [2.75, 3.05) is 13.7 Å². The third-order valence-electron chi connectivity index (χ3n) is 6.57. The number of carbonyl (C=O) groups excluding carboxylic acids is 1. The Balaban J connectivity index is 1.67. The van der Waals surface area contributed by atoms with E-state index in [9.17, 15) is 9.59 Å². The van der Waals surface area contributed by atoms with Crippen molar-refractivity contribution in [3.8, 4) is 11.5 Å². The lowest BCUT2D eigenvalue weighted by Crippen LogP contribution is -2.40. The van der Waals surface area contributed by atoms with E-state index >= 15 is 0 Å². The second-order valence-electron chi connectivity index (χ2n) is 9.27. The molecule has 0 fully saturated rings. The molecule has 216 valence electrons. The first-order valence-corrected chi connectivity index (χ1v) is 15.7. The fourth-order valence-electron chi connectivity index (χ4n) is 4.66. The Hall–Kier alpha value is -3.18. The maximum atomic E-state index is 14.1. The molecular weight excluding hydrogens is 708 g/mol. The van der Waals surface area contributed by atoms with Crippen LogP contribution in [0, 0.1) is 0 Å². The van der Waals surface area contributed by atoms with Gasteiger partial charge in [0.05, 0.1) is 29.5 Å². The molecule has 3 aromatic carbocycles. The minimum Gasteiger partial charge on any atom is -0.493 e. The van der Waals surface area contributed by atoms with Crippen molar-refractivity contribution >= 4 is 66.8 Å². The third-order valence-corrected chi connectivity index (χ3v) is 8.88. The SMILES string of the molecule is CCOC(=O)C1=C(C)N=c2s/c(=C\c3cc(Br)cc(OC)c3OCc3ccc(Br)cc3)c(=O)n2[C@@H]1c1ccccc1Cl. The summed E-state index contributed by atoms with van der Waals surface area (Å²) in [4.78, 5) is 32.3. The second-order valence-corrected chi connectivity index (χ2v) is 12.5. The van der Waals surface area contributed by atoms with Crippen molar-refractivity contribution in [3.63, 3.8) is 0 Å². The number of methoxy groups -OCH3 is 1. The molecule has 1 aromatic heterocycles. The summed E-state index contributed by atoms with van der Waals surface area (Å²) in [5.41, 5.74) is 2.62. The first kappa shape index (κ1) is 30.3. The maximum Gasteiger partial charge on any atom is 0.338 e. The van der Waals surface area contributed by atoms with Crippen LogP contribution < -0.4 is 24.4 Å². The average molecular weight is 733 g/mol. The number of halogens is 3. The van der Waals surface area contributed by atoms with Gasteiger partial charge >= 0.3 is 5.97 Å². The predicted octanol–water partition coefficient (Wildman–Crippen LogP) is 6.56. The lowest BCUT2D eigenvalue weighted by Gasteiger charge is -2.25. The van der Waals surface area contributed by atoms with Crippen LogP contribution in [0.5, 0.6) is 11.5 Å². The standard InChI is InChI=1S/C31H25Br2ClN2O5S/c1-4-40-30(38)26-17(2)35-31-36(27(26)22-7-5-6-8-23(22)34)29(37)25(42-31)14-19-13-21(33)15-24(39-3)28(19)41-16-18-9-11-20(32)12-10-18/h5-15,27H,4,16H2,1-3H3/b25-14-/t27-/m1/s1. The number of carbonyl (C=O) groups is 1. The summed E-state index contributed by atoms with van der Waals surface area (Å²) >= 11 is 14.8. The zero-order valence-corrected chi connectivity index (χ0v) is 27.6. The van der Waals surface area contributed by atoms with Gasteiger partial charge in [0.15, 0.2) is 16.3 Å². The number of fused-ring (bicyclic) bond motifs is 1. The zero-order chi connectivity index (χ0) is 30.0. The van der Waals surface area contributed by atoms with E-state index in [1.165, 1.54) is 15.9 Å². The van der Waals surface area contributed by atoms with Crippen molar-refractivity contribution in [2.45, 2.75) is 26.5 Å². The molecule has 2 heterocycles. The minimum atomic E-state index is -0.804. The largest absolute Gasteiger partial charge is 0.493 e. The first-order chi connectivity index (χ1) is 20.2. The van der Waals surface area contributed by atoms with Crippen molar-refractivity contribution < 1.29 is 19.0 Å². The van der Waals surface area contributed by atoms with Crippen molar-refractivity contribution in [3.05, 3.63) is 122 Å². The molecule has 5 rings (SSSR count). The summed E-state index contributed by atoms with van der Waals surface area (Å²) in [6.45, 7) is 3.95. The molecule has 1 aliphatic rings. The van der Waals surface area contributed by atoms with Gasteiger partial charge in [0.25, 0.3) is 5.56 Å². The molecule has 0 radical (unpaired) electrons. The summed E-state index contributed by atoms with van der Waals surface area (Å²) in [6.07, 6.45) is 1.75. The minimum absolute atomic E-state index is 0.184. The molecule has 0 N–H and O–H groups in total. The molecule has 0 unspecified atom stereocenters. The number of hydrogen-bond acceptors (Lipinski definition) is 7. The number of thiazole rings is 1. The Kier molecular flexibility index (Phi) is 9.37. The van der Waals surface area contributed by atoms with E-state index in [1.54, 1.807) is 45.2 Å². The van der Waals surface area contributed by atoms with Crippen LogP contribution in [0.25, 0.3) is 6.08 Å². The Bertz CT molecular complexity index is 1880. The number of esters is 1. The van der Waals surface area contributed by atoms with Gasteiger partial charge in [0, 0.05) is 19.5 Å². The summed E-state index contributed by atoms with van der Waals surface area (Å²) < 4.78 is 20.9. The number of ether oxygens (including phenoxy) is 3. The molecular formula is C31H25Br2ClN2O5S. The Labute approximate surface area is 268 Å². The third kappa shape index (κ3) is 6.13. The normalized spacial score (nSPS) is 14.8. The highest BCUT2D eigenvalue weighted by Gasteiger charge is 2.34. The number of rotatable bonds is 8. The molecule has 4 aromatic rings. The highest BCUT2D eigenvalue weighted by atomic mass is 79.9. The number of aromatic nitrogens is 1. The van der Waals surface area contributed by atoms with Gasteiger partial charge in [-0.15, -0.1) is 0 Å². The lowest BCUT2D eigenvalue weighted by atomic mass is 9.96. The van der Waals surface area contributed by atoms with Gasteiger partial charge in [-0.25, -0.2) is 9.79 Å². The highest BCUT2D eigenvalue weighted by molar-refractivity contribution is 9.10. The molecule has 0 bridgehead atoms.